The number of benzene rings is 1. The monoisotopic (exact) mass is 529 g/mol. The predicted octanol–water partition coefficient (Wildman–Crippen LogP) is 3.04. The topological polar surface area (TPSA) is 90.4 Å². The SMILES string of the molecule is C=CCN(C)C(=O)[C@@H]1[C@@H]2CCC3(O2)C(C(=O)N(CC=C)c2ccc(Cl)cc2)N(CCCCCO)C(=O)[C@H]13. The van der Waals surface area contributed by atoms with E-state index in [1.54, 1.807) is 58.2 Å². The number of anilines is 1. The molecule has 1 N–H and O–H groups in total. The van der Waals surface area contributed by atoms with Gasteiger partial charge in [-0.2, -0.15) is 0 Å². The first-order chi connectivity index (χ1) is 17.8. The Bertz CT molecular complexity index is 1050. The zero-order valence-electron chi connectivity index (χ0n) is 21.4. The molecule has 8 nitrogen and oxygen atoms in total. The number of hydrogen-bond donors (Lipinski definition) is 1. The number of carbonyl (C=O) groups excluding carboxylic acids is 3. The summed E-state index contributed by atoms with van der Waals surface area (Å²) in [6.45, 7) is 8.59. The van der Waals surface area contributed by atoms with Crippen LogP contribution >= 0.6 is 11.6 Å². The number of aliphatic hydroxyl groups excluding tert-OH is 1. The van der Waals surface area contributed by atoms with Gasteiger partial charge in [0.05, 0.1) is 17.9 Å². The van der Waals surface area contributed by atoms with Crippen LogP contribution in [0, 0.1) is 11.8 Å². The normalized spacial score (nSPS) is 27.8. The Kier molecular flexibility index (Phi) is 8.41. The van der Waals surface area contributed by atoms with Crippen molar-refractivity contribution < 1.29 is 24.2 Å². The van der Waals surface area contributed by atoms with Crippen LogP contribution in [-0.4, -0.2) is 83.7 Å². The maximum absolute atomic E-state index is 14.3. The predicted molar refractivity (Wildman–Crippen MR) is 142 cm³/mol. The molecule has 3 heterocycles. The van der Waals surface area contributed by atoms with Gasteiger partial charge in [0.1, 0.15) is 11.6 Å². The third kappa shape index (κ3) is 4.82. The first-order valence-corrected chi connectivity index (χ1v) is 13.3. The maximum atomic E-state index is 14.3. The van der Waals surface area contributed by atoms with E-state index in [1.807, 2.05) is 0 Å². The molecule has 4 rings (SSSR count). The van der Waals surface area contributed by atoms with Crippen molar-refractivity contribution >= 4 is 35.0 Å². The van der Waals surface area contributed by atoms with Crippen molar-refractivity contribution in [2.45, 2.75) is 49.9 Å². The minimum Gasteiger partial charge on any atom is -0.396 e. The van der Waals surface area contributed by atoms with Gasteiger partial charge in [-0.15, -0.1) is 13.2 Å². The molecule has 1 aromatic carbocycles. The molecule has 3 amide bonds. The quantitative estimate of drug-likeness (QED) is 0.332. The Balaban J connectivity index is 1.72. The molecule has 2 bridgehead atoms. The lowest BCUT2D eigenvalue weighted by molar-refractivity contribution is -0.144. The number of likely N-dealkylation sites (tertiary alicyclic amines) is 1. The van der Waals surface area contributed by atoms with E-state index in [1.165, 1.54) is 0 Å². The summed E-state index contributed by atoms with van der Waals surface area (Å²) in [5.74, 6) is -1.96. The Hall–Kier alpha value is -2.68. The average molecular weight is 530 g/mol. The zero-order chi connectivity index (χ0) is 26.7. The molecule has 1 aromatic rings. The number of aliphatic hydroxyl groups is 1. The molecule has 0 aliphatic carbocycles. The van der Waals surface area contributed by atoms with Crippen molar-refractivity contribution in [3.05, 3.63) is 54.6 Å². The van der Waals surface area contributed by atoms with Gasteiger partial charge in [0.15, 0.2) is 0 Å². The van der Waals surface area contributed by atoms with Crippen molar-refractivity contribution in [1.29, 1.82) is 0 Å². The fraction of sp³-hybridized carbons (Fsp3) is 0.536. The van der Waals surface area contributed by atoms with Crippen LogP contribution in [0.25, 0.3) is 0 Å². The van der Waals surface area contributed by atoms with Crippen molar-refractivity contribution in [1.82, 2.24) is 9.80 Å². The molecule has 2 unspecified atom stereocenters. The van der Waals surface area contributed by atoms with Gasteiger partial charge in [0, 0.05) is 44.0 Å². The summed E-state index contributed by atoms with van der Waals surface area (Å²) in [4.78, 5) is 46.6. The van der Waals surface area contributed by atoms with Gasteiger partial charge in [0.2, 0.25) is 11.8 Å². The Labute approximate surface area is 223 Å². The van der Waals surface area contributed by atoms with E-state index in [-0.39, 0.29) is 30.9 Å². The van der Waals surface area contributed by atoms with Crippen LogP contribution in [-0.2, 0) is 19.1 Å². The highest BCUT2D eigenvalue weighted by Crippen LogP contribution is 2.59. The number of fused-ring (bicyclic) bond motifs is 1. The van der Waals surface area contributed by atoms with Crippen LogP contribution in [0.2, 0.25) is 5.02 Å². The highest BCUT2D eigenvalue weighted by atomic mass is 35.5. The molecule has 0 aromatic heterocycles. The van der Waals surface area contributed by atoms with E-state index in [0.29, 0.717) is 49.5 Å². The van der Waals surface area contributed by atoms with E-state index in [9.17, 15) is 19.5 Å². The van der Waals surface area contributed by atoms with Gasteiger partial charge in [-0.3, -0.25) is 14.4 Å². The molecule has 200 valence electrons. The number of halogens is 1. The number of likely N-dealkylation sites (N-methyl/N-ethyl adjacent to an activating group) is 1. The van der Waals surface area contributed by atoms with E-state index < -0.39 is 29.6 Å². The van der Waals surface area contributed by atoms with Gasteiger partial charge in [0.25, 0.3) is 5.91 Å². The summed E-state index contributed by atoms with van der Waals surface area (Å²) in [7, 11) is 1.70. The zero-order valence-corrected chi connectivity index (χ0v) is 22.1. The van der Waals surface area contributed by atoms with Gasteiger partial charge >= 0.3 is 0 Å². The summed E-state index contributed by atoms with van der Waals surface area (Å²) in [6.07, 6.45) is 6.03. The smallest absolute Gasteiger partial charge is 0.253 e. The van der Waals surface area contributed by atoms with Gasteiger partial charge in [-0.05, 0) is 56.4 Å². The third-order valence-electron chi connectivity index (χ3n) is 7.87. The minimum atomic E-state index is -1.06. The highest BCUT2D eigenvalue weighted by molar-refractivity contribution is 6.30. The van der Waals surface area contributed by atoms with Gasteiger partial charge in [-0.1, -0.05) is 23.8 Å². The molecule has 3 saturated heterocycles. The summed E-state index contributed by atoms with van der Waals surface area (Å²) < 4.78 is 6.52. The molecule has 3 fully saturated rings. The second-order valence-electron chi connectivity index (χ2n) is 10.1. The van der Waals surface area contributed by atoms with E-state index >= 15 is 0 Å². The Morgan fingerprint density at radius 2 is 1.86 bits per heavy atom. The fourth-order valence-electron chi connectivity index (χ4n) is 6.28. The van der Waals surface area contributed by atoms with Crippen LogP contribution in [0.5, 0.6) is 0 Å². The molecule has 3 aliphatic heterocycles. The third-order valence-corrected chi connectivity index (χ3v) is 8.12. The van der Waals surface area contributed by atoms with Crippen LogP contribution < -0.4 is 4.90 Å². The van der Waals surface area contributed by atoms with Gasteiger partial charge < -0.3 is 24.5 Å². The maximum Gasteiger partial charge on any atom is 0.253 e. The fourth-order valence-corrected chi connectivity index (χ4v) is 6.41. The molecule has 0 radical (unpaired) electrons. The van der Waals surface area contributed by atoms with Crippen LogP contribution in [0.1, 0.15) is 32.1 Å². The second-order valence-corrected chi connectivity index (χ2v) is 10.5. The molecule has 3 aliphatic rings. The number of amides is 3. The number of carbonyl (C=O) groups is 3. The van der Waals surface area contributed by atoms with Crippen LogP contribution in [0.3, 0.4) is 0 Å². The molecular formula is C28H36ClN3O5. The molecule has 5 atom stereocenters. The number of ether oxygens (including phenoxy) is 1. The van der Waals surface area contributed by atoms with E-state index in [0.717, 1.165) is 6.42 Å². The first kappa shape index (κ1) is 27.4. The summed E-state index contributed by atoms with van der Waals surface area (Å²) in [6, 6.07) is 6.11. The summed E-state index contributed by atoms with van der Waals surface area (Å²) in [5.41, 5.74) is -0.412. The summed E-state index contributed by atoms with van der Waals surface area (Å²) >= 11 is 6.09. The largest absolute Gasteiger partial charge is 0.396 e. The Morgan fingerprint density at radius 1 is 1.16 bits per heavy atom. The molecule has 0 saturated carbocycles. The molecule has 37 heavy (non-hydrogen) atoms. The molecule has 1 spiro atoms. The first-order valence-electron chi connectivity index (χ1n) is 12.9. The second kappa shape index (κ2) is 11.4. The van der Waals surface area contributed by atoms with Crippen molar-refractivity contribution in [2.75, 3.05) is 38.2 Å². The summed E-state index contributed by atoms with van der Waals surface area (Å²) in [5, 5.41) is 9.76. The highest BCUT2D eigenvalue weighted by Gasteiger charge is 2.74. The van der Waals surface area contributed by atoms with E-state index in [2.05, 4.69) is 13.2 Å². The minimum absolute atomic E-state index is 0.0730. The van der Waals surface area contributed by atoms with Crippen molar-refractivity contribution in [2.24, 2.45) is 11.8 Å². The van der Waals surface area contributed by atoms with Crippen LogP contribution in [0.4, 0.5) is 5.69 Å². The standard InChI is InChI=1S/C28H36ClN3O5/c1-4-15-30(3)25(34)22-21-13-14-28(37-21)23(22)26(35)32(17-7-6-8-18-33)24(28)27(36)31(16-5-2)20-11-9-19(29)10-12-20/h4-5,9-12,21-24,33H,1-2,6-8,13-18H2,3H3/t21-,22+,23-,24?,28?/m0/s1. The number of hydrogen-bond acceptors (Lipinski definition) is 5. The molecular weight excluding hydrogens is 494 g/mol. The lowest BCUT2D eigenvalue weighted by Gasteiger charge is -2.37. The Morgan fingerprint density at radius 3 is 2.51 bits per heavy atom. The van der Waals surface area contributed by atoms with Crippen molar-refractivity contribution in [3.63, 3.8) is 0 Å². The number of rotatable bonds is 12. The van der Waals surface area contributed by atoms with Gasteiger partial charge in [-0.25, -0.2) is 0 Å². The average Bonchev–Trinajstić information content (AvgIpc) is 3.52. The lowest BCUT2D eigenvalue weighted by Crippen LogP contribution is -2.56. The molecule has 9 heteroatoms. The van der Waals surface area contributed by atoms with Crippen LogP contribution in [0.15, 0.2) is 49.6 Å². The lowest BCUT2D eigenvalue weighted by atomic mass is 9.70. The van der Waals surface area contributed by atoms with Crippen molar-refractivity contribution in [3.8, 4) is 0 Å². The number of unbranched alkanes of at least 4 members (excludes halogenated alkanes) is 2. The number of nitrogens with zero attached hydrogens (tertiary/aromatic N) is 3. The van der Waals surface area contributed by atoms with E-state index in [4.69, 9.17) is 16.3 Å².